The minimum Gasteiger partial charge on any atom is -0.435 e. The molecule has 0 saturated carbocycles. The molecule has 1 fully saturated rings. The number of nitrogens with zero attached hydrogens (tertiary/aromatic N) is 2. The average Bonchev–Trinajstić information content (AvgIpc) is 2.97. The molecule has 7 nitrogen and oxygen atoms in total. The van der Waals surface area contributed by atoms with E-state index in [1.807, 2.05) is 0 Å². The number of thioether (sulfide) groups is 1. The molecule has 1 N–H and O–H groups in total. The second-order valence-electron chi connectivity index (χ2n) is 5.78. The van der Waals surface area contributed by atoms with E-state index in [9.17, 15) is 23.2 Å². The van der Waals surface area contributed by atoms with Crippen LogP contribution in [-0.4, -0.2) is 46.6 Å². The third-order valence-corrected chi connectivity index (χ3v) is 4.73. The maximum atomic E-state index is 12.4. The summed E-state index contributed by atoms with van der Waals surface area (Å²) in [5.41, 5.74) is 0.933. The molecule has 0 atom stereocenters. The van der Waals surface area contributed by atoms with Crippen molar-refractivity contribution in [2.45, 2.75) is 6.61 Å². The molecule has 29 heavy (non-hydrogen) atoms. The summed E-state index contributed by atoms with van der Waals surface area (Å²) >= 11 is 0.771. The molecule has 1 aromatic carbocycles. The van der Waals surface area contributed by atoms with Gasteiger partial charge in [0.05, 0.1) is 10.5 Å². The molecule has 1 aliphatic heterocycles. The van der Waals surface area contributed by atoms with Crippen molar-refractivity contribution in [3.05, 3.63) is 64.8 Å². The Labute approximate surface area is 168 Å². The zero-order valence-electron chi connectivity index (χ0n) is 14.9. The van der Waals surface area contributed by atoms with Crippen LogP contribution >= 0.6 is 11.8 Å². The van der Waals surface area contributed by atoms with Crippen molar-refractivity contribution in [1.82, 2.24) is 15.2 Å². The first-order chi connectivity index (χ1) is 13.9. The predicted molar refractivity (Wildman–Crippen MR) is 102 cm³/mol. The van der Waals surface area contributed by atoms with E-state index in [0.717, 1.165) is 16.7 Å². The van der Waals surface area contributed by atoms with Crippen LogP contribution in [0.3, 0.4) is 0 Å². The highest BCUT2D eigenvalue weighted by atomic mass is 32.2. The van der Waals surface area contributed by atoms with Gasteiger partial charge in [-0.05, 0) is 47.7 Å². The highest BCUT2D eigenvalue weighted by Crippen LogP contribution is 2.32. The number of hydrogen-bond acceptors (Lipinski definition) is 6. The summed E-state index contributed by atoms with van der Waals surface area (Å²) in [4.78, 5) is 41.6. The van der Waals surface area contributed by atoms with Crippen molar-refractivity contribution >= 4 is 34.9 Å². The van der Waals surface area contributed by atoms with Crippen LogP contribution in [0.1, 0.15) is 15.9 Å². The van der Waals surface area contributed by atoms with E-state index in [2.05, 4.69) is 15.0 Å². The van der Waals surface area contributed by atoms with E-state index in [1.54, 1.807) is 18.3 Å². The van der Waals surface area contributed by atoms with Crippen molar-refractivity contribution in [2.75, 3.05) is 13.1 Å². The molecule has 1 saturated heterocycles. The number of carbonyl (C=O) groups excluding carboxylic acids is 3. The first-order valence-electron chi connectivity index (χ1n) is 8.42. The molecular formula is C19H15F2N3O4S. The fraction of sp³-hybridized carbons (Fsp3) is 0.158. The summed E-state index contributed by atoms with van der Waals surface area (Å²) < 4.78 is 28.6. The third kappa shape index (κ3) is 5.38. The Bertz CT molecular complexity index is 936. The van der Waals surface area contributed by atoms with Gasteiger partial charge in [-0.2, -0.15) is 8.78 Å². The maximum absolute atomic E-state index is 12.4. The van der Waals surface area contributed by atoms with Crippen LogP contribution in [0.5, 0.6) is 5.75 Å². The molecule has 1 aromatic heterocycles. The highest BCUT2D eigenvalue weighted by molar-refractivity contribution is 8.18. The Hall–Kier alpha value is -3.27. The number of halogens is 2. The van der Waals surface area contributed by atoms with Crippen LogP contribution in [-0.2, 0) is 4.79 Å². The third-order valence-electron chi connectivity index (χ3n) is 3.82. The second kappa shape index (κ2) is 9.28. The number of ether oxygens (including phenoxy) is 1. The van der Waals surface area contributed by atoms with Gasteiger partial charge in [-0.15, -0.1) is 0 Å². The van der Waals surface area contributed by atoms with Gasteiger partial charge in [0.15, 0.2) is 0 Å². The van der Waals surface area contributed by atoms with E-state index < -0.39 is 17.8 Å². The van der Waals surface area contributed by atoms with Crippen molar-refractivity contribution in [2.24, 2.45) is 0 Å². The number of amides is 3. The Morgan fingerprint density at radius 3 is 2.66 bits per heavy atom. The van der Waals surface area contributed by atoms with Crippen LogP contribution in [0.4, 0.5) is 13.6 Å². The van der Waals surface area contributed by atoms with Crippen molar-refractivity contribution in [3.63, 3.8) is 0 Å². The molecule has 2 aromatic rings. The first kappa shape index (κ1) is 20.5. The van der Waals surface area contributed by atoms with Gasteiger partial charge in [0, 0.05) is 25.5 Å². The lowest BCUT2D eigenvalue weighted by Crippen LogP contribution is -2.37. The van der Waals surface area contributed by atoms with Gasteiger partial charge in [-0.1, -0.05) is 12.1 Å². The highest BCUT2D eigenvalue weighted by Gasteiger charge is 2.34. The molecule has 0 spiro atoms. The molecule has 0 bridgehead atoms. The van der Waals surface area contributed by atoms with Gasteiger partial charge < -0.3 is 10.1 Å². The standard InChI is InChI=1S/C19H15F2N3O4S/c20-18(21)28-14-5-3-12(4-6-14)10-15-17(26)24(19(27)29-15)9-8-23-16(25)13-2-1-7-22-11-13/h1-7,10-11,18H,8-9H2,(H,23,25)/b15-10-. The van der Waals surface area contributed by atoms with Crippen LogP contribution in [0.25, 0.3) is 6.08 Å². The van der Waals surface area contributed by atoms with Crippen molar-refractivity contribution < 1.29 is 27.9 Å². The summed E-state index contributed by atoms with van der Waals surface area (Å²) in [5, 5.41) is 2.17. The van der Waals surface area contributed by atoms with E-state index in [-0.39, 0.29) is 29.7 Å². The van der Waals surface area contributed by atoms with E-state index in [1.165, 1.54) is 36.5 Å². The molecule has 150 valence electrons. The average molecular weight is 419 g/mol. The fourth-order valence-corrected chi connectivity index (χ4v) is 3.34. The summed E-state index contributed by atoms with van der Waals surface area (Å²) in [6, 6.07) is 8.91. The number of rotatable bonds is 7. The number of nitrogens with one attached hydrogen (secondary N) is 1. The van der Waals surface area contributed by atoms with E-state index >= 15 is 0 Å². The molecular weight excluding hydrogens is 404 g/mol. The first-order valence-corrected chi connectivity index (χ1v) is 9.24. The SMILES string of the molecule is O=C(NCCN1C(=O)S/C(=C\c2ccc(OC(F)F)cc2)C1=O)c1cccnc1. The van der Waals surface area contributed by atoms with Crippen molar-refractivity contribution in [3.8, 4) is 5.75 Å². The largest absolute Gasteiger partial charge is 0.435 e. The number of benzene rings is 1. The minimum atomic E-state index is -2.92. The quantitative estimate of drug-likeness (QED) is 0.694. The van der Waals surface area contributed by atoms with Gasteiger partial charge in [-0.3, -0.25) is 24.3 Å². The molecule has 3 rings (SSSR count). The van der Waals surface area contributed by atoms with Crippen LogP contribution in [0.2, 0.25) is 0 Å². The van der Waals surface area contributed by atoms with Gasteiger partial charge >= 0.3 is 6.61 Å². The summed E-state index contributed by atoms with van der Waals surface area (Å²) in [7, 11) is 0. The van der Waals surface area contributed by atoms with Gasteiger partial charge in [0.1, 0.15) is 5.75 Å². The summed E-state index contributed by atoms with van der Waals surface area (Å²) in [6.45, 7) is -2.80. The normalized spacial score (nSPS) is 15.3. The molecule has 0 radical (unpaired) electrons. The molecule has 2 heterocycles. The maximum Gasteiger partial charge on any atom is 0.387 e. The monoisotopic (exact) mass is 419 g/mol. The predicted octanol–water partition coefficient (Wildman–Crippen LogP) is 3.15. The van der Waals surface area contributed by atoms with Gasteiger partial charge in [0.2, 0.25) is 0 Å². The van der Waals surface area contributed by atoms with Crippen LogP contribution in [0, 0.1) is 0 Å². The minimum absolute atomic E-state index is 0.00499. The Balaban J connectivity index is 1.57. The number of imide groups is 1. The molecule has 0 unspecified atom stereocenters. The topological polar surface area (TPSA) is 88.6 Å². The van der Waals surface area contributed by atoms with E-state index in [4.69, 9.17) is 0 Å². The molecule has 3 amide bonds. The summed E-state index contributed by atoms with van der Waals surface area (Å²) in [6.07, 6.45) is 4.45. The number of pyridine rings is 1. The summed E-state index contributed by atoms with van der Waals surface area (Å²) in [5.74, 6) is -0.843. The number of hydrogen-bond donors (Lipinski definition) is 1. The number of aromatic nitrogens is 1. The zero-order valence-corrected chi connectivity index (χ0v) is 15.7. The van der Waals surface area contributed by atoms with E-state index in [0.29, 0.717) is 11.1 Å². The molecule has 10 heteroatoms. The lowest BCUT2D eigenvalue weighted by molar-refractivity contribution is -0.122. The van der Waals surface area contributed by atoms with Crippen LogP contribution in [0.15, 0.2) is 53.7 Å². The van der Waals surface area contributed by atoms with Gasteiger partial charge in [0.25, 0.3) is 17.1 Å². The Morgan fingerprint density at radius 2 is 2.00 bits per heavy atom. The Morgan fingerprint density at radius 1 is 1.24 bits per heavy atom. The lowest BCUT2D eigenvalue weighted by Gasteiger charge is -2.12. The number of carbonyl (C=O) groups is 3. The lowest BCUT2D eigenvalue weighted by atomic mass is 10.2. The van der Waals surface area contributed by atoms with Crippen LogP contribution < -0.4 is 10.1 Å². The molecule has 0 aliphatic carbocycles. The van der Waals surface area contributed by atoms with Gasteiger partial charge in [-0.25, -0.2) is 0 Å². The Kier molecular flexibility index (Phi) is 6.55. The van der Waals surface area contributed by atoms with Crippen molar-refractivity contribution in [1.29, 1.82) is 0 Å². The second-order valence-corrected chi connectivity index (χ2v) is 6.77. The smallest absolute Gasteiger partial charge is 0.387 e. The number of alkyl halides is 2. The fourth-order valence-electron chi connectivity index (χ4n) is 2.47. The zero-order chi connectivity index (χ0) is 20.8. The molecule has 1 aliphatic rings.